The standard InChI is InChI=1S/C24H29N3O/c1-2-3-4-10-15-27-22-14-9-8-13-21(22)25-24(27)20-16-23(28)26(18-20)17-19-11-6-5-7-12-19/h5-9,11-14,20H,2-4,10,15-18H2,1H3. The van der Waals surface area contributed by atoms with Gasteiger partial charge < -0.3 is 9.47 Å². The van der Waals surface area contributed by atoms with Gasteiger partial charge in [0.15, 0.2) is 0 Å². The lowest BCUT2D eigenvalue weighted by atomic mass is 10.1. The quantitative estimate of drug-likeness (QED) is 0.512. The Bertz CT molecular complexity index is 931. The van der Waals surface area contributed by atoms with Gasteiger partial charge in [0, 0.05) is 32.0 Å². The van der Waals surface area contributed by atoms with E-state index in [4.69, 9.17) is 4.98 Å². The molecule has 146 valence electrons. The number of hydrogen-bond acceptors (Lipinski definition) is 2. The van der Waals surface area contributed by atoms with Crippen molar-refractivity contribution in [3.63, 3.8) is 0 Å². The molecule has 0 radical (unpaired) electrons. The first-order valence-electron chi connectivity index (χ1n) is 10.5. The zero-order valence-corrected chi connectivity index (χ0v) is 16.7. The number of carbonyl (C=O) groups is 1. The number of imidazole rings is 1. The van der Waals surface area contributed by atoms with Gasteiger partial charge in [-0.15, -0.1) is 0 Å². The fourth-order valence-corrected chi connectivity index (χ4v) is 4.24. The summed E-state index contributed by atoms with van der Waals surface area (Å²) in [5.74, 6) is 1.50. The van der Waals surface area contributed by atoms with Gasteiger partial charge in [-0.05, 0) is 24.1 Å². The van der Waals surface area contributed by atoms with Gasteiger partial charge >= 0.3 is 0 Å². The molecule has 0 N–H and O–H groups in total. The number of hydrogen-bond donors (Lipinski definition) is 0. The summed E-state index contributed by atoms with van der Waals surface area (Å²) in [5.41, 5.74) is 3.43. The Morgan fingerprint density at radius 3 is 2.61 bits per heavy atom. The molecule has 0 bridgehead atoms. The summed E-state index contributed by atoms with van der Waals surface area (Å²) < 4.78 is 2.37. The van der Waals surface area contributed by atoms with Gasteiger partial charge in [-0.25, -0.2) is 4.98 Å². The first-order chi connectivity index (χ1) is 13.8. The number of aryl methyl sites for hydroxylation is 1. The van der Waals surface area contributed by atoms with Gasteiger partial charge in [-0.3, -0.25) is 4.79 Å². The van der Waals surface area contributed by atoms with Crippen LogP contribution >= 0.6 is 0 Å². The monoisotopic (exact) mass is 375 g/mol. The SMILES string of the molecule is CCCCCCn1c(C2CC(=O)N(Cc3ccccc3)C2)nc2ccccc21. The minimum absolute atomic E-state index is 0.176. The molecule has 2 heterocycles. The lowest BCUT2D eigenvalue weighted by molar-refractivity contribution is -0.128. The Balaban J connectivity index is 1.55. The van der Waals surface area contributed by atoms with Crippen molar-refractivity contribution in [2.75, 3.05) is 6.54 Å². The molecule has 1 saturated heterocycles. The number of carbonyl (C=O) groups excluding carboxylic acids is 1. The summed E-state index contributed by atoms with van der Waals surface area (Å²) in [6.07, 6.45) is 5.48. The van der Waals surface area contributed by atoms with Gasteiger partial charge in [0.1, 0.15) is 5.82 Å². The molecular weight excluding hydrogens is 346 g/mol. The van der Waals surface area contributed by atoms with Crippen LogP contribution < -0.4 is 0 Å². The maximum Gasteiger partial charge on any atom is 0.223 e. The number of rotatable bonds is 8. The van der Waals surface area contributed by atoms with E-state index in [-0.39, 0.29) is 11.8 Å². The summed E-state index contributed by atoms with van der Waals surface area (Å²) >= 11 is 0. The summed E-state index contributed by atoms with van der Waals surface area (Å²) in [5, 5.41) is 0. The van der Waals surface area contributed by atoms with E-state index < -0.39 is 0 Å². The minimum atomic E-state index is 0.176. The predicted octanol–water partition coefficient (Wildman–Crippen LogP) is 5.13. The maximum atomic E-state index is 12.7. The highest BCUT2D eigenvalue weighted by Crippen LogP contribution is 2.31. The number of benzene rings is 2. The third-order valence-corrected chi connectivity index (χ3v) is 5.72. The molecule has 1 aliphatic rings. The third-order valence-electron chi connectivity index (χ3n) is 5.72. The number of aromatic nitrogens is 2. The van der Waals surface area contributed by atoms with Crippen molar-refractivity contribution < 1.29 is 4.79 Å². The number of amides is 1. The molecule has 4 nitrogen and oxygen atoms in total. The first-order valence-corrected chi connectivity index (χ1v) is 10.5. The van der Waals surface area contributed by atoms with E-state index >= 15 is 0 Å². The highest BCUT2D eigenvalue weighted by molar-refractivity contribution is 5.81. The topological polar surface area (TPSA) is 38.1 Å². The fourth-order valence-electron chi connectivity index (χ4n) is 4.24. The Hall–Kier alpha value is -2.62. The van der Waals surface area contributed by atoms with E-state index in [1.165, 1.54) is 30.3 Å². The van der Waals surface area contributed by atoms with Crippen LogP contribution in [0.15, 0.2) is 54.6 Å². The zero-order valence-electron chi connectivity index (χ0n) is 16.7. The van der Waals surface area contributed by atoms with Crippen molar-refractivity contribution >= 4 is 16.9 Å². The Morgan fingerprint density at radius 1 is 1.00 bits per heavy atom. The summed E-state index contributed by atoms with van der Waals surface area (Å²) in [4.78, 5) is 19.6. The predicted molar refractivity (Wildman–Crippen MR) is 113 cm³/mol. The molecule has 2 aromatic carbocycles. The summed E-state index contributed by atoms with van der Waals surface area (Å²) in [6, 6.07) is 18.6. The number of likely N-dealkylation sites (tertiary alicyclic amines) is 1. The Morgan fingerprint density at radius 2 is 1.79 bits per heavy atom. The largest absolute Gasteiger partial charge is 0.338 e. The highest BCUT2D eigenvalue weighted by atomic mass is 16.2. The maximum absolute atomic E-state index is 12.7. The van der Waals surface area contributed by atoms with Gasteiger partial charge in [0.25, 0.3) is 0 Å². The second-order valence-electron chi connectivity index (χ2n) is 7.83. The second kappa shape index (κ2) is 8.59. The average molecular weight is 376 g/mol. The molecule has 3 aromatic rings. The van der Waals surface area contributed by atoms with E-state index in [0.717, 1.165) is 30.9 Å². The Kier molecular flexibility index (Phi) is 5.75. The number of fused-ring (bicyclic) bond motifs is 1. The van der Waals surface area contributed by atoms with Crippen LogP contribution in [0.4, 0.5) is 0 Å². The third kappa shape index (κ3) is 3.96. The zero-order chi connectivity index (χ0) is 19.3. The first kappa shape index (κ1) is 18.7. The van der Waals surface area contributed by atoms with Crippen molar-refractivity contribution in [1.82, 2.24) is 14.5 Å². The van der Waals surface area contributed by atoms with Crippen LogP contribution in [0, 0.1) is 0 Å². The van der Waals surface area contributed by atoms with Crippen molar-refractivity contribution in [2.24, 2.45) is 0 Å². The molecule has 1 aliphatic heterocycles. The molecule has 0 aliphatic carbocycles. The van der Waals surface area contributed by atoms with E-state index in [1.54, 1.807) is 0 Å². The number of para-hydroxylation sites is 2. The molecule has 28 heavy (non-hydrogen) atoms. The van der Waals surface area contributed by atoms with Crippen LogP contribution in [-0.2, 0) is 17.9 Å². The molecular formula is C24H29N3O. The van der Waals surface area contributed by atoms with Gasteiger partial charge in [-0.2, -0.15) is 0 Å². The van der Waals surface area contributed by atoms with E-state index in [2.05, 4.69) is 41.8 Å². The number of unbranched alkanes of at least 4 members (excludes halogenated alkanes) is 3. The molecule has 1 fully saturated rings. The van der Waals surface area contributed by atoms with Crippen LogP contribution in [0.25, 0.3) is 11.0 Å². The van der Waals surface area contributed by atoms with Crippen molar-refractivity contribution in [1.29, 1.82) is 0 Å². The minimum Gasteiger partial charge on any atom is -0.338 e. The lowest BCUT2D eigenvalue weighted by Crippen LogP contribution is -2.24. The van der Waals surface area contributed by atoms with Gasteiger partial charge in [0.05, 0.1) is 11.0 Å². The Labute approximate surface area is 167 Å². The van der Waals surface area contributed by atoms with E-state index in [9.17, 15) is 4.79 Å². The van der Waals surface area contributed by atoms with Crippen LogP contribution in [0.5, 0.6) is 0 Å². The molecule has 4 rings (SSSR count). The molecule has 1 unspecified atom stereocenters. The van der Waals surface area contributed by atoms with Crippen LogP contribution in [0.1, 0.15) is 56.3 Å². The highest BCUT2D eigenvalue weighted by Gasteiger charge is 2.33. The normalized spacial score (nSPS) is 17.0. The van der Waals surface area contributed by atoms with E-state index in [0.29, 0.717) is 13.0 Å². The fraction of sp³-hybridized carbons (Fsp3) is 0.417. The molecule has 4 heteroatoms. The molecule has 1 amide bonds. The van der Waals surface area contributed by atoms with Crippen LogP contribution in [0.2, 0.25) is 0 Å². The van der Waals surface area contributed by atoms with Crippen molar-refractivity contribution in [3.05, 3.63) is 66.0 Å². The van der Waals surface area contributed by atoms with E-state index in [1.807, 2.05) is 29.2 Å². The van der Waals surface area contributed by atoms with Crippen molar-refractivity contribution in [3.8, 4) is 0 Å². The van der Waals surface area contributed by atoms with Crippen LogP contribution in [-0.4, -0.2) is 26.9 Å². The summed E-state index contributed by atoms with van der Waals surface area (Å²) in [6.45, 7) is 4.67. The molecule has 0 spiro atoms. The smallest absolute Gasteiger partial charge is 0.223 e. The van der Waals surface area contributed by atoms with Gasteiger partial charge in [0.2, 0.25) is 5.91 Å². The average Bonchev–Trinajstić information content (AvgIpc) is 3.27. The number of nitrogens with zero attached hydrogens (tertiary/aromatic N) is 3. The molecule has 0 saturated carbocycles. The van der Waals surface area contributed by atoms with Gasteiger partial charge in [-0.1, -0.05) is 68.7 Å². The molecule has 1 aromatic heterocycles. The molecule has 1 atom stereocenters. The lowest BCUT2D eigenvalue weighted by Gasteiger charge is -2.17. The van der Waals surface area contributed by atoms with Crippen LogP contribution in [0.3, 0.4) is 0 Å². The second-order valence-corrected chi connectivity index (χ2v) is 7.83. The summed E-state index contributed by atoms with van der Waals surface area (Å²) in [7, 11) is 0. The van der Waals surface area contributed by atoms with Crippen molar-refractivity contribution in [2.45, 2.75) is 58.0 Å².